The number of benzene rings is 1. The Labute approximate surface area is 130 Å². The number of hydrogen-bond acceptors (Lipinski definition) is 2. The highest BCUT2D eigenvalue weighted by atomic mass is 79.9. The minimum Gasteiger partial charge on any atom is -0.352 e. The summed E-state index contributed by atoms with van der Waals surface area (Å²) in [7, 11) is 0. The van der Waals surface area contributed by atoms with Crippen LogP contribution in [0.15, 0.2) is 45.5 Å². The molecule has 2 N–H and O–H groups in total. The number of hydrogen-bond donors (Lipinski definition) is 2. The van der Waals surface area contributed by atoms with Crippen molar-refractivity contribution in [2.45, 2.75) is 0 Å². The zero-order valence-corrected chi connectivity index (χ0v) is 13.3. The lowest BCUT2D eigenvalue weighted by Crippen LogP contribution is -1.79. The maximum Gasteiger partial charge on any atom is 0.178 e. The third-order valence-corrected chi connectivity index (χ3v) is 4.07. The van der Waals surface area contributed by atoms with Crippen molar-refractivity contribution in [1.29, 1.82) is 0 Å². The van der Waals surface area contributed by atoms with Crippen LogP contribution in [0.5, 0.6) is 0 Å². The highest BCUT2D eigenvalue weighted by Crippen LogP contribution is 2.26. The number of fused-ring (bicyclic) bond motifs is 2. The van der Waals surface area contributed by atoms with E-state index in [1.807, 2.05) is 12.1 Å². The number of H-pyrrole nitrogens is 2. The molecule has 0 saturated heterocycles. The number of halogens is 2. The fraction of sp³-hybridized carbons (Fsp3) is 0. The average Bonchev–Trinajstić information content (AvgIpc) is 3.00. The van der Waals surface area contributed by atoms with Gasteiger partial charge in [-0.2, -0.15) is 0 Å². The summed E-state index contributed by atoms with van der Waals surface area (Å²) >= 11 is 6.89. The standard InChI is InChI=1S/C14H8Br2N4/c15-8-2-1-7-3-11(18-10(7)4-8)14-19-12-5-9(16)6-17-13(12)20-14/h1-6,18H,(H,17,19,20). The van der Waals surface area contributed by atoms with Crippen molar-refractivity contribution in [2.75, 3.05) is 0 Å². The van der Waals surface area contributed by atoms with Gasteiger partial charge in [0.05, 0.1) is 11.2 Å². The highest BCUT2D eigenvalue weighted by molar-refractivity contribution is 9.10. The predicted octanol–water partition coefficient (Wildman–Crippen LogP) is 4.63. The van der Waals surface area contributed by atoms with Gasteiger partial charge in [0.1, 0.15) is 0 Å². The van der Waals surface area contributed by atoms with Gasteiger partial charge in [0.15, 0.2) is 11.5 Å². The number of nitrogens with one attached hydrogen (secondary N) is 2. The SMILES string of the molecule is Brc1ccc2cc(-c3nc4ncc(Br)cc4[nH]3)[nH]c2c1. The minimum atomic E-state index is 0.711. The lowest BCUT2D eigenvalue weighted by molar-refractivity contribution is 1.27. The number of nitrogens with zero attached hydrogens (tertiary/aromatic N) is 2. The molecule has 0 fully saturated rings. The van der Waals surface area contributed by atoms with Crippen LogP contribution in [0.25, 0.3) is 33.6 Å². The van der Waals surface area contributed by atoms with Crippen LogP contribution < -0.4 is 0 Å². The van der Waals surface area contributed by atoms with Gasteiger partial charge in [0.2, 0.25) is 0 Å². The Hall–Kier alpha value is -1.66. The molecule has 0 aliphatic carbocycles. The second-order valence-electron chi connectivity index (χ2n) is 4.52. The van der Waals surface area contributed by atoms with Gasteiger partial charge in [0, 0.05) is 26.0 Å². The number of aromatic nitrogens is 4. The number of rotatable bonds is 1. The van der Waals surface area contributed by atoms with Gasteiger partial charge in [-0.25, -0.2) is 9.97 Å². The Balaban J connectivity index is 1.91. The van der Waals surface area contributed by atoms with Crippen LogP contribution in [0.3, 0.4) is 0 Å². The molecular weight excluding hydrogens is 384 g/mol. The van der Waals surface area contributed by atoms with Crippen LogP contribution in [-0.2, 0) is 0 Å². The Morgan fingerprint density at radius 2 is 1.75 bits per heavy atom. The third kappa shape index (κ3) is 1.96. The first-order valence-corrected chi connectivity index (χ1v) is 7.57. The molecule has 0 aliphatic heterocycles. The molecule has 98 valence electrons. The maximum absolute atomic E-state index is 4.51. The van der Waals surface area contributed by atoms with Crippen molar-refractivity contribution in [1.82, 2.24) is 19.9 Å². The Bertz CT molecular complexity index is 861. The minimum absolute atomic E-state index is 0.711. The fourth-order valence-corrected chi connectivity index (χ4v) is 2.92. The molecule has 0 unspecified atom stereocenters. The number of imidazole rings is 1. The lowest BCUT2D eigenvalue weighted by atomic mass is 10.2. The van der Waals surface area contributed by atoms with E-state index in [1.165, 1.54) is 0 Å². The lowest BCUT2D eigenvalue weighted by Gasteiger charge is -1.90. The van der Waals surface area contributed by atoms with E-state index in [-0.39, 0.29) is 0 Å². The van der Waals surface area contributed by atoms with E-state index in [2.05, 4.69) is 70.0 Å². The van der Waals surface area contributed by atoms with Gasteiger partial charge >= 0.3 is 0 Å². The smallest absolute Gasteiger partial charge is 0.178 e. The van der Waals surface area contributed by atoms with E-state index in [9.17, 15) is 0 Å². The Kier molecular flexibility index (Phi) is 2.68. The molecule has 4 aromatic rings. The molecule has 0 amide bonds. The summed E-state index contributed by atoms with van der Waals surface area (Å²) in [6.07, 6.45) is 1.75. The van der Waals surface area contributed by atoms with E-state index < -0.39 is 0 Å². The monoisotopic (exact) mass is 390 g/mol. The molecule has 3 aromatic heterocycles. The topological polar surface area (TPSA) is 57.4 Å². The van der Waals surface area contributed by atoms with Gasteiger partial charge in [0.25, 0.3) is 0 Å². The van der Waals surface area contributed by atoms with E-state index >= 15 is 0 Å². The van der Waals surface area contributed by atoms with Crippen molar-refractivity contribution < 1.29 is 0 Å². The zero-order valence-electron chi connectivity index (χ0n) is 10.1. The van der Waals surface area contributed by atoms with E-state index in [4.69, 9.17) is 0 Å². The van der Waals surface area contributed by atoms with Crippen LogP contribution in [0.2, 0.25) is 0 Å². The van der Waals surface area contributed by atoms with E-state index in [1.54, 1.807) is 6.20 Å². The quantitative estimate of drug-likeness (QED) is 0.496. The van der Waals surface area contributed by atoms with Crippen molar-refractivity contribution in [3.63, 3.8) is 0 Å². The summed E-state index contributed by atoms with van der Waals surface area (Å²) in [5, 5.41) is 1.15. The summed E-state index contributed by atoms with van der Waals surface area (Å²) < 4.78 is 1.98. The summed E-state index contributed by atoms with van der Waals surface area (Å²) in [5.74, 6) is 0.790. The van der Waals surface area contributed by atoms with Crippen molar-refractivity contribution >= 4 is 53.9 Å². The average molecular weight is 392 g/mol. The van der Waals surface area contributed by atoms with Gasteiger partial charge < -0.3 is 9.97 Å². The van der Waals surface area contributed by atoms with Crippen LogP contribution >= 0.6 is 31.9 Å². The molecule has 0 saturated carbocycles. The van der Waals surface area contributed by atoms with Crippen molar-refractivity contribution in [2.24, 2.45) is 0 Å². The largest absolute Gasteiger partial charge is 0.352 e. The van der Waals surface area contributed by atoms with Crippen LogP contribution in [0, 0.1) is 0 Å². The molecule has 0 bridgehead atoms. The molecule has 6 heteroatoms. The molecule has 0 aliphatic rings. The maximum atomic E-state index is 4.51. The van der Waals surface area contributed by atoms with E-state index in [0.717, 1.165) is 36.9 Å². The molecule has 1 aromatic carbocycles. The summed E-state index contributed by atoms with van der Waals surface area (Å²) in [5.41, 5.74) is 3.65. The molecule has 3 heterocycles. The summed E-state index contributed by atoms with van der Waals surface area (Å²) in [4.78, 5) is 15.4. The Morgan fingerprint density at radius 3 is 2.65 bits per heavy atom. The van der Waals surface area contributed by atoms with Gasteiger partial charge in [-0.05, 0) is 40.2 Å². The molecule has 4 nitrogen and oxygen atoms in total. The first-order valence-electron chi connectivity index (χ1n) is 5.99. The first kappa shape index (κ1) is 12.1. The van der Waals surface area contributed by atoms with Gasteiger partial charge in [-0.1, -0.05) is 22.0 Å². The van der Waals surface area contributed by atoms with Crippen LogP contribution in [0.1, 0.15) is 0 Å². The van der Waals surface area contributed by atoms with Crippen molar-refractivity contribution in [3.05, 3.63) is 45.5 Å². The molecule has 4 rings (SSSR count). The second kappa shape index (κ2) is 4.43. The highest BCUT2D eigenvalue weighted by Gasteiger charge is 2.09. The summed E-state index contributed by atoms with van der Waals surface area (Å²) in [6.45, 7) is 0. The van der Waals surface area contributed by atoms with Crippen LogP contribution in [-0.4, -0.2) is 19.9 Å². The number of pyridine rings is 1. The van der Waals surface area contributed by atoms with Crippen LogP contribution in [0.4, 0.5) is 0 Å². The molecule has 0 radical (unpaired) electrons. The molecular formula is C14H8Br2N4. The normalized spacial score (nSPS) is 11.5. The first-order chi connectivity index (χ1) is 9.69. The number of aromatic amines is 2. The van der Waals surface area contributed by atoms with Crippen molar-refractivity contribution in [3.8, 4) is 11.5 Å². The molecule has 20 heavy (non-hydrogen) atoms. The summed E-state index contributed by atoms with van der Waals surface area (Å²) in [6, 6.07) is 10.2. The van der Waals surface area contributed by atoms with Gasteiger partial charge in [-0.3, -0.25) is 0 Å². The fourth-order valence-electron chi connectivity index (χ4n) is 2.23. The Morgan fingerprint density at radius 1 is 0.900 bits per heavy atom. The molecule has 0 spiro atoms. The molecule has 0 atom stereocenters. The zero-order chi connectivity index (χ0) is 13.7. The second-order valence-corrected chi connectivity index (χ2v) is 6.36. The third-order valence-electron chi connectivity index (χ3n) is 3.14. The van der Waals surface area contributed by atoms with E-state index in [0.29, 0.717) is 5.65 Å². The predicted molar refractivity (Wildman–Crippen MR) is 86.6 cm³/mol. The van der Waals surface area contributed by atoms with Gasteiger partial charge in [-0.15, -0.1) is 0 Å².